The molecule has 45 heavy (non-hydrogen) atoms. The second-order valence-corrected chi connectivity index (χ2v) is 14.0. The molecule has 1 aliphatic heterocycles. The van der Waals surface area contributed by atoms with Crippen LogP contribution in [0, 0.1) is 35.0 Å². The first kappa shape index (κ1) is 34.1. The molecule has 3 aliphatic rings. The van der Waals surface area contributed by atoms with E-state index in [0.717, 1.165) is 12.8 Å². The van der Waals surface area contributed by atoms with Crippen molar-refractivity contribution in [2.45, 2.75) is 97.8 Å². The summed E-state index contributed by atoms with van der Waals surface area (Å²) < 4.78 is 0. The maximum atomic E-state index is 14.3. The van der Waals surface area contributed by atoms with Crippen molar-refractivity contribution in [3.05, 3.63) is 35.9 Å². The number of Topliss-reactive ketones (excluding diaryl/α,β-unsaturated/α-hetero) is 2. The third-order valence-corrected chi connectivity index (χ3v) is 10.3. The van der Waals surface area contributed by atoms with Gasteiger partial charge in [-0.1, -0.05) is 97.6 Å². The molecule has 4 rings (SSSR count). The molecule has 0 aromatic heterocycles. The molecule has 2 saturated carbocycles. The fourth-order valence-corrected chi connectivity index (χ4v) is 7.12. The second-order valence-electron chi connectivity index (χ2n) is 14.0. The molecule has 6 atom stereocenters. The fraction of sp³-hybridized carbons (Fsp3) is 0.647. The van der Waals surface area contributed by atoms with Crippen LogP contribution >= 0.6 is 0 Å². The van der Waals surface area contributed by atoms with Crippen LogP contribution in [0.3, 0.4) is 0 Å². The SMILES string of the molecule is CCC(CC)[C@H](NC(=O)N[C@H](C(=O)c1ccccc1)C(C)C)C(=O)N1C[C@H]2[C@@H]([C@H]1C(=O)NC(CC1CC1)C(=O)C(N)=O)C2(C)C. The number of nitrogens with zero attached hydrogens (tertiary/aromatic N) is 1. The number of fused-ring (bicyclic) bond motifs is 1. The molecule has 3 fully saturated rings. The summed E-state index contributed by atoms with van der Waals surface area (Å²) in [4.78, 5) is 80.8. The molecule has 0 bridgehead atoms. The summed E-state index contributed by atoms with van der Waals surface area (Å²) >= 11 is 0. The van der Waals surface area contributed by atoms with E-state index in [1.165, 1.54) is 4.90 Å². The van der Waals surface area contributed by atoms with Gasteiger partial charge in [-0.2, -0.15) is 0 Å². The zero-order valence-electron chi connectivity index (χ0n) is 27.3. The number of carbonyl (C=O) groups excluding carboxylic acids is 6. The number of benzene rings is 1. The van der Waals surface area contributed by atoms with E-state index in [9.17, 15) is 28.8 Å². The Morgan fingerprint density at radius 2 is 1.53 bits per heavy atom. The first-order valence-corrected chi connectivity index (χ1v) is 16.3. The van der Waals surface area contributed by atoms with E-state index < -0.39 is 47.8 Å². The van der Waals surface area contributed by atoms with E-state index in [-0.39, 0.29) is 46.7 Å². The van der Waals surface area contributed by atoms with Gasteiger partial charge < -0.3 is 26.6 Å². The lowest BCUT2D eigenvalue weighted by Crippen LogP contribution is -2.61. The summed E-state index contributed by atoms with van der Waals surface area (Å²) in [5, 5.41) is 8.44. The van der Waals surface area contributed by atoms with Crippen molar-refractivity contribution in [1.29, 1.82) is 0 Å². The van der Waals surface area contributed by atoms with Crippen LogP contribution in [-0.2, 0) is 19.2 Å². The fourth-order valence-electron chi connectivity index (χ4n) is 7.12. The van der Waals surface area contributed by atoms with Crippen molar-refractivity contribution in [3.63, 3.8) is 0 Å². The van der Waals surface area contributed by atoms with Crippen LogP contribution in [0.1, 0.15) is 84.0 Å². The van der Waals surface area contributed by atoms with Gasteiger partial charge in [0.1, 0.15) is 12.1 Å². The highest BCUT2D eigenvalue weighted by Crippen LogP contribution is 2.65. The van der Waals surface area contributed by atoms with Crippen LogP contribution in [0.2, 0.25) is 0 Å². The number of primary amides is 1. The normalized spacial score (nSPS) is 23.5. The minimum atomic E-state index is -1.10. The van der Waals surface area contributed by atoms with Gasteiger partial charge in [-0.05, 0) is 41.4 Å². The van der Waals surface area contributed by atoms with E-state index in [4.69, 9.17) is 5.73 Å². The molecule has 1 heterocycles. The Morgan fingerprint density at radius 1 is 0.933 bits per heavy atom. The van der Waals surface area contributed by atoms with Crippen LogP contribution < -0.4 is 21.7 Å². The number of nitrogens with two attached hydrogens (primary N) is 1. The molecule has 1 saturated heterocycles. The average Bonchev–Trinajstić information content (AvgIpc) is 3.86. The maximum Gasteiger partial charge on any atom is 0.316 e. The van der Waals surface area contributed by atoms with Crippen LogP contribution in [-0.4, -0.2) is 70.9 Å². The number of carbonyl (C=O) groups is 6. The Morgan fingerprint density at radius 3 is 2.07 bits per heavy atom. The molecule has 5 N–H and O–H groups in total. The molecule has 11 nitrogen and oxygen atoms in total. The first-order chi connectivity index (χ1) is 21.2. The summed E-state index contributed by atoms with van der Waals surface area (Å²) in [5.74, 6) is -3.26. The predicted octanol–water partition coefficient (Wildman–Crippen LogP) is 2.82. The molecule has 2 aliphatic carbocycles. The molecule has 1 aromatic rings. The molecule has 5 amide bonds. The number of ketones is 2. The number of hydrogen-bond donors (Lipinski definition) is 4. The van der Waals surface area contributed by atoms with Gasteiger partial charge in [-0.15, -0.1) is 0 Å². The molecule has 1 unspecified atom stereocenters. The van der Waals surface area contributed by atoms with Crippen molar-refractivity contribution in [2.24, 2.45) is 40.7 Å². The molecular weight excluding hydrogens is 574 g/mol. The number of urea groups is 1. The Balaban J connectivity index is 1.54. The Kier molecular flexibility index (Phi) is 10.4. The van der Waals surface area contributed by atoms with E-state index in [2.05, 4.69) is 29.8 Å². The average molecular weight is 624 g/mol. The van der Waals surface area contributed by atoms with E-state index in [0.29, 0.717) is 31.4 Å². The topological polar surface area (TPSA) is 168 Å². The Labute approximate surface area is 265 Å². The van der Waals surface area contributed by atoms with Gasteiger partial charge in [0, 0.05) is 12.1 Å². The monoisotopic (exact) mass is 623 g/mol. The Bertz CT molecular complexity index is 1310. The first-order valence-electron chi connectivity index (χ1n) is 16.3. The minimum Gasteiger partial charge on any atom is -0.363 e. The molecule has 0 radical (unpaired) electrons. The standard InChI is InChI=1S/C34H49N5O6/c1-7-20(8-2)26(38-33(45)37-25(18(3)4)28(40)21-12-10-9-11-13-21)32(44)39-17-22-24(34(22,5)6)27(39)31(43)36-23(16-19-14-15-19)29(41)30(35)42/h9-13,18-20,22-27H,7-8,14-17H2,1-6H3,(H2,35,42)(H,36,43)(H2,37,38,45)/t22-,23?,24-,25-,26-,27-/m0/s1. The lowest BCUT2D eigenvalue weighted by molar-refractivity contribution is -0.144. The van der Waals surface area contributed by atoms with Crippen LogP contribution in [0.15, 0.2) is 30.3 Å². The van der Waals surface area contributed by atoms with Gasteiger partial charge in [0.15, 0.2) is 5.78 Å². The van der Waals surface area contributed by atoms with Crippen molar-refractivity contribution >= 4 is 35.3 Å². The molecule has 0 spiro atoms. The van der Waals surface area contributed by atoms with Gasteiger partial charge in [0.2, 0.25) is 17.6 Å². The highest BCUT2D eigenvalue weighted by molar-refractivity contribution is 6.37. The summed E-state index contributed by atoms with van der Waals surface area (Å²) in [6.45, 7) is 12.0. The molecule has 11 heteroatoms. The van der Waals surface area contributed by atoms with Gasteiger partial charge in [0.25, 0.3) is 5.91 Å². The van der Waals surface area contributed by atoms with Gasteiger partial charge in [-0.25, -0.2) is 4.79 Å². The van der Waals surface area contributed by atoms with Crippen LogP contribution in [0.25, 0.3) is 0 Å². The second kappa shape index (κ2) is 13.7. The smallest absolute Gasteiger partial charge is 0.316 e. The van der Waals surface area contributed by atoms with Gasteiger partial charge >= 0.3 is 6.03 Å². The maximum absolute atomic E-state index is 14.3. The lowest BCUT2D eigenvalue weighted by atomic mass is 9.91. The third-order valence-electron chi connectivity index (χ3n) is 10.3. The quantitative estimate of drug-likeness (QED) is 0.173. The number of piperidine rings is 1. The molecule has 246 valence electrons. The summed E-state index contributed by atoms with van der Waals surface area (Å²) in [6, 6.07) is 4.46. The van der Waals surface area contributed by atoms with Crippen LogP contribution in [0.5, 0.6) is 0 Å². The van der Waals surface area contributed by atoms with Gasteiger partial charge in [-0.3, -0.25) is 24.0 Å². The number of amides is 5. The third kappa shape index (κ3) is 7.39. The lowest BCUT2D eigenvalue weighted by Gasteiger charge is -2.36. The molecular formula is C34H49N5O6. The minimum absolute atomic E-state index is 0.0796. The number of rotatable bonds is 15. The highest BCUT2D eigenvalue weighted by Gasteiger charge is 2.69. The zero-order chi connectivity index (χ0) is 33.2. The van der Waals surface area contributed by atoms with E-state index >= 15 is 0 Å². The number of nitrogens with one attached hydrogen (secondary N) is 3. The van der Waals surface area contributed by atoms with E-state index in [1.807, 2.05) is 33.8 Å². The van der Waals surface area contributed by atoms with Crippen molar-refractivity contribution in [3.8, 4) is 0 Å². The van der Waals surface area contributed by atoms with Crippen molar-refractivity contribution < 1.29 is 28.8 Å². The summed E-state index contributed by atoms with van der Waals surface area (Å²) in [5.41, 5.74) is 5.59. The summed E-state index contributed by atoms with van der Waals surface area (Å²) in [6.07, 6.45) is 3.38. The van der Waals surface area contributed by atoms with Gasteiger partial charge in [0.05, 0.1) is 12.1 Å². The highest BCUT2D eigenvalue weighted by atomic mass is 16.2. The van der Waals surface area contributed by atoms with Crippen molar-refractivity contribution in [2.75, 3.05) is 6.54 Å². The number of hydrogen-bond acceptors (Lipinski definition) is 6. The van der Waals surface area contributed by atoms with Crippen LogP contribution in [0.4, 0.5) is 4.79 Å². The zero-order valence-corrected chi connectivity index (χ0v) is 27.3. The van der Waals surface area contributed by atoms with E-state index in [1.54, 1.807) is 24.3 Å². The largest absolute Gasteiger partial charge is 0.363 e. The van der Waals surface area contributed by atoms with Crippen molar-refractivity contribution in [1.82, 2.24) is 20.9 Å². The number of likely N-dealkylation sites (tertiary alicyclic amines) is 1. The predicted molar refractivity (Wildman–Crippen MR) is 169 cm³/mol. The Hall–Kier alpha value is -3.76. The summed E-state index contributed by atoms with van der Waals surface area (Å²) in [7, 11) is 0. The molecule has 1 aromatic carbocycles.